The summed E-state index contributed by atoms with van der Waals surface area (Å²) in [6, 6.07) is 12.2. The number of rotatable bonds is 2. The van der Waals surface area contributed by atoms with Crippen LogP contribution < -0.4 is 5.73 Å². The van der Waals surface area contributed by atoms with Crippen LogP contribution in [0.15, 0.2) is 42.5 Å². The van der Waals surface area contributed by atoms with Gasteiger partial charge in [0.1, 0.15) is 11.5 Å². The number of aromatic nitrogens is 3. The SMILES string of the molecule is Cc1ccc(C)c(-c2nnn(-c3cccc(F)c3)c2N)c1. The lowest BCUT2D eigenvalue weighted by Crippen LogP contribution is -2.02. The summed E-state index contributed by atoms with van der Waals surface area (Å²) < 4.78 is 14.8. The first-order valence-electron chi connectivity index (χ1n) is 6.61. The highest BCUT2D eigenvalue weighted by atomic mass is 19.1. The molecule has 0 spiro atoms. The minimum absolute atomic E-state index is 0.337. The van der Waals surface area contributed by atoms with Crippen LogP contribution in [-0.4, -0.2) is 15.0 Å². The molecule has 2 aromatic carbocycles. The zero-order valence-electron chi connectivity index (χ0n) is 11.8. The molecule has 3 rings (SSSR count). The highest BCUT2D eigenvalue weighted by Gasteiger charge is 2.15. The third-order valence-corrected chi connectivity index (χ3v) is 3.41. The second kappa shape index (κ2) is 5.01. The molecular formula is C16H15FN4. The van der Waals surface area contributed by atoms with E-state index in [0.29, 0.717) is 17.2 Å². The van der Waals surface area contributed by atoms with E-state index in [1.165, 1.54) is 16.8 Å². The third-order valence-electron chi connectivity index (χ3n) is 3.41. The molecule has 3 aromatic rings. The van der Waals surface area contributed by atoms with Gasteiger partial charge in [-0.1, -0.05) is 29.0 Å². The van der Waals surface area contributed by atoms with E-state index in [9.17, 15) is 4.39 Å². The van der Waals surface area contributed by atoms with E-state index in [4.69, 9.17) is 5.73 Å². The van der Waals surface area contributed by atoms with Crippen molar-refractivity contribution in [3.05, 3.63) is 59.4 Å². The number of hydrogen-bond acceptors (Lipinski definition) is 3. The van der Waals surface area contributed by atoms with E-state index < -0.39 is 0 Å². The first-order valence-corrected chi connectivity index (χ1v) is 6.61. The van der Waals surface area contributed by atoms with Gasteiger partial charge in [0.05, 0.1) is 5.69 Å². The van der Waals surface area contributed by atoms with Gasteiger partial charge in [-0.2, -0.15) is 4.68 Å². The summed E-state index contributed by atoms with van der Waals surface area (Å²) in [7, 11) is 0. The monoisotopic (exact) mass is 282 g/mol. The summed E-state index contributed by atoms with van der Waals surface area (Å²) in [6.45, 7) is 4.01. The first-order chi connectivity index (χ1) is 10.1. The summed E-state index contributed by atoms with van der Waals surface area (Å²) in [4.78, 5) is 0. The van der Waals surface area contributed by atoms with Gasteiger partial charge in [-0.25, -0.2) is 4.39 Å². The maximum Gasteiger partial charge on any atom is 0.155 e. The van der Waals surface area contributed by atoms with Crippen LogP contribution in [0.25, 0.3) is 16.9 Å². The predicted octanol–water partition coefficient (Wildman–Crippen LogP) is 3.27. The van der Waals surface area contributed by atoms with Gasteiger partial charge in [0, 0.05) is 5.56 Å². The number of nitrogens with two attached hydrogens (primary N) is 1. The van der Waals surface area contributed by atoms with Crippen molar-refractivity contribution in [1.82, 2.24) is 15.0 Å². The quantitative estimate of drug-likeness (QED) is 0.784. The molecule has 0 radical (unpaired) electrons. The Balaban J connectivity index is 2.13. The lowest BCUT2D eigenvalue weighted by molar-refractivity contribution is 0.625. The summed E-state index contributed by atoms with van der Waals surface area (Å²) in [5, 5.41) is 8.21. The average molecular weight is 282 g/mol. The Morgan fingerprint density at radius 1 is 1.10 bits per heavy atom. The van der Waals surface area contributed by atoms with Crippen LogP contribution in [-0.2, 0) is 0 Å². The van der Waals surface area contributed by atoms with Gasteiger partial charge in [-0.05, 0) is 43.7 Å². The van der Waals surface area contributed by atoms with Crippen molar-refractivity contribution in [3.63, 3.8) is 0 Å². The van der Waals surface area contributed by atoms with Crippen molar-refractivity contribution < 1.29 is 4.39 Å². The highest BCUT2D eigenvalue weighted by molar-refractivity contribution is 5.74. The number of hydrogen-bond donors (Lipinski definition) is 1. The Morgan fingerprint density at radius 2 is 1.90 bits per heavy atom. The third kappa shape index (κ3) is 2.38. The first kappa shape index (κ1) is 13.3. The van der Waals surface area contributed by atoms with Gasteiger partial charge in [0.15, 0.2) is 5.82 Å². The molecule has 21 heavy (non-hydrogen) atoms. The number of aryl methyl sites for hydroxylation is 2. The molecule has 0 saturated heterocycles. The van der Waals surface area contributed by atoms with Crippen molar-refractivity contribution >= 4 is 5.82 Å². The van der Waals surface area contributed by atoms with Gasteiger partial charge < -0.3 is 5.73 Å². The predicted molar refractivity (Wildman–Crippen MR) is 80.6 cm³/mol. The van der Waals surface area contributed by atoms with Crippen molar-refractivity contribution in [2.45, 2.75) is 13.8 Å². The van der Waals surface area contributed by atoms with Crippen LogP contribution in [0.5, 0.6) is 0 Å². The Kier molecular flexibility index (Phi) is 3.17. The molecule has 0 atom stereocenters. The second-order valence-electron chi connectivity index (χ2n) is 5.03. The zero-order chi connectivity index (χ0) is 15.0. The zero-order valence-corrected chi connectivity index (χ0v) is 11.8. The molecule has 0 fully saturated rings. The average Bonchev–Trinajstić information content (AvgIpc) is 2.83. The summed E-state index contributed by atoms with van der Waals surface area (Å²) in [6.07, 6.45) is 0. The highest BCUT2D eigenvalue weighted by Crippen LogP contribution is 2.28. The number of benzene rings is 2. The molecule has 0 unspecified atom stereocenters. The molecule has 1 aromatic heterocycles. The fraction of sp³-hybridized carbons (Fsp3) is 0.125. The summed E-state index contributed by atoms with van der Waals surface area (Å²) in [5.41, 5.74) is 10.4. The van der Waals surface area contributed by atoms with Crippen LogP contribution in [0, 0.1) is 19.7 Å². The Hall–Kier alpha value is -2.69. The number of nitrogens with zero attached hydrogens (tertiary/aromatic N) is 3. The van der Waals surface area contributed by atoms with E-state index in [0.717, 1.165) is 16.7 Å². The molecule has 106 valence electrons. The summed E-state index contributed by atoms with van der Waals surface area (Å²) >= 11 is 0. The topological polar surface area (TPSA) is 56.7 Å². The molecule has 4 nitrogen and oxygen atoms in total. The fourth-order valence-corrected chi connectivity index (χ4v) is 2.27. The van der Waals surface area contributed by atoms with Gasteiger partial charge in [0.2, 0.25) is 0 Å². The smallest absolute Gasteiger partial charge is 0.155 e. The molecule has 2 N–H and O–H groups in total. The maximum absolute atomic E-state index is 13.3. The summed E-state index contributed by atoms with van der Waals surface area (Å²) in [5.74, 6) is 0.0602. The molecule has 0 aliphatic carbocycles. The Labute approximate surface area is 122 Å². The fourth-order valence-electron chi connectivity index (χ4n) is 2.27. The van der Waals surface area contributed by atoms with Crippen molar-refractivity contribution in [3.8, 4) is 16.9 Å². The minimum Gasteiger partial charge on any atom is -0.382 e. The van der Waals surface area contributed by atoms with Gasteiger partial charge in [-0.15, -0.1) is 5.10 Å². The number of halogens is 1. The molecule has 0 saturated carbocycles. The van der Waals surface area contributed by atoms with E-state index in [1.807, 2.05) is 32.0 Å². The van der Waals surface area contributed by atoms with Crippen LogP contribution in [0.4, 0.5) is 10.2 Å². The van der Waals surface area contributed by atoms with Crippen molar-refractivity contribution in [2.24, 2.45) is 0 Å². The molecule has 0 aliphatic heterocycles. The molecular weight excluding hydrogens is 267 g/mol. The van der Waals surface area contributed by atoms with E-state index in [2.05, 4.69) is 10.3 Å². The largest absolute Gasteiger partial charge is 0.382 e. The van der Waals surface area contributed by atoms with Crippen molar-refractivity contribution in [2.75, 3.05) is 5.73 Å². The normalized spacial score (nSPS) is 10.8. The number of nitrogen functional groups attached to an aromatic ring is 1. The van der Waals surface area contributed by atoms with Gasteiger partial charge in [-0.3, -0.25) is 0 Å². The Morgan fingerprint density at radius 3 is 2.67 bits per heavy atom. The molecule has 1 heterocycles. The lowest BCUT2D eigenvalue weighted by Gasteiger charge is -2.06. The van der Waals surface area contributed by atoms with Crippen LogP contribution in [0.1, 0.15) is 11.1 Å². The maximum atomic E-state index is 13.3. The Bertz CT molecular complexity index is 808. The minimum atomic E-state index is -0.337. The van der Waals surface area contributed by atoms with E-state index >= 15 is 0 Å². The number of anilines is 1. The van der Waals surface area contributed by atoms with Crippen LogP contribution in [0.3, 0.4) is 0 Å². The van der Waals surface area contributed by atoms with Crippen LogP contribution in [0.2, 0.25) is 0 Å². The van der Waals surface area contributed by atoms with Crippen LogP contribution >= 0.6 is 0 Å². The molecule has 0 amide bonds. The standard InChI is InChI=1S/C16H15FN4/c1-10-6-7-11(2)14(8-10)15-16(18)21(20-19-15)13-5-3-4-12(17)9-13/h3-9H,18H2,1-2H3. The molecule has 5 heteroatoms. The van der Waals surface area contributed by atoms with Gasteiger partial charge >= 0.3 is 0 Å². The van der Waals surface area contributed by atoms with E-state index in [1.54, 1.807) is 12.1 Å². The molecule has 0 aliphatic rings. The molecule has 0 bridgehead atoms. The lowest BCUT2D eigenvalue weighted by atomic mass is 10.0. The second-order valence-corrected chi connectivity index (χ2v) is 5.03. The van der Waals surface area contributed by atoms with Crippen molar-refractivity contribution in [1.29, 1.82) is 0 Å². The van der Waals surface area contributed by atoms with E-state index in [-0.39, 0.29) is 5.82 Å². The van der Waals surface area contributed by atoms with Gasteiger partial charge in [0.25, 0.3) is 0 Å².